The van der Waals surface area contributed by atoms with Crippen molar-refractivity contribution in [2.45, 2.75) is 38.3 Å². The van der Waals surface area contributed by atoms with E-state index >= 15 is 0 Å². The van der Waals surface area contributed by atoms with Gasteiger partial charge in [0.15, 0.2) is 0 Å². The van der Waals surface area contributed by atoms with Gasteiger partial charge in [-0.25, -0.2) is 9.87 Å². The van der Waals surface area contributed by atoms with Crippen molar-refractivity contribution in [1.82, 2.24) is 10.4 Å². The zero-order valence-electron chi connectivity index (χ0n) is 13.0. The predicted molar refractivity (Wildman–Crippen MR) is 80.7 cm³/mol. The summed E-state index contributed by atoms with van der Waals surface area (Å²) in [5.41, 5.74) is 3.58. The van der Waals surface area contributed by atoms with Gasteiger partial charge >= 0.3 is 0 Å². The molecule has 1 aromatic carbocycles. The molecule has 0 radical (unpaired) electrons. The van der Waals surface area contributed by atoms with Crippen LogP contribution in [0, 0.1) is 11.2 Å². The molecular formula is C17H21FN2O3. The Bertz CT molecular complexity index is 645. The van der Waals surface area contributed by atoms with E-state index in [4.69, 9.17) is 9.94 Å². The van der Waals surface area contributed by atoms with E-state index in [1.807, 2.05) is 0 Å². The lowest BCUT2D eigenvalue weighted by atomic mass is 9.79. The number of carbonyl (C=O) groups excluding carboxylic acids is 1. The molecule has 2 aliphatic heterocycles. The normalized spacial score (nSPS) is 25.9. The fourth-order valence-electron chi connectivity index (χ4n) is 4.49. The number of carbonyl (C=O) groups is 1. The molecule has 0 bridgehead atoms. The highest BCUT2D eigenvalue weighted by molar-refractivity contribution is 5.93. The van der Waals surface area contributed by atoms with Crippen LogP contribution in [0.15, 0.2) is 12.1 Å². The summed E-state index contributed by atoms with van der Waals surface area (Å²) in [4.78, 5) is 13.9. The number of ether oxygens (including phenoxy) is 1. The quantitative estimate of drug-likeness (QED) is 0.645. The standard InChI is InChI=1S/C17H21FN2O3/c18-14-7-12(16(21)19-22)6-11-3-5-20(8-13(11)14)15-2-1-4-17(15)9-23-10-17/h6-7,15,22H,1-5,8-10H2,(H,19,21)/t15-/m1/s1. The number of benzene rings is 1. The van der Waals surface area contributed by atoms with Crippen molar-refractivity contribution in [2.24, 2.45) is 5.41 Å². The fraction of sp³-hybridized carbons (Fsp3) is 0.588. The topological polar surface area (TPSA) is 61.8 Å². The Morgan fingerprint density at radius 1 is 1.43 bits per heavy atom. The van der Waals surface area contributed by atoms with Crippen molar-refractivity contribution in [2.75, 3.05) is 19.8 Å². The van der Waals surface area contributed by atoms with Crippen LogP contribution >= 0.6 is 0 Å². The third-order valence-electron chi connectivity index (χ3n) is 5.76. The largest absolute Gasteiger partial charge is 0.380 e. The highest BCUT2D eigenvalue weighted by Gasteiger charge is 2.51. The van der Waals surface area contributed by atoms with Crippen LogP contribution in [-0.4, -0.2) is 41.8 Å². The molecule has 1 saturated carbocycles. The van der Waals surface area contributed by atoms with Gasteiger partial charge in [-0.1, -0.05) is 6.42 Å². The van der Waals surface area contributed by atoms with Gasteiger partial charge in [-0.3, -0.25) is 14.9 Å². The van der Waals surface area contributed by atoms with Crippen LogP contribution in [0.2, 0.25) is 0 Å². The van der Waals surface area contributed by atoms with Crippen LogP contribution < -0.4 is 5.48 Å². The minimum Gasteiger partial charge on any atom is -0.380 e. The fourth-order valence-corrected chi connectivity index (χ4v) is 4.49. The van der Waals surface area contributed by atoms with E-state index in [2.05, 4.69) is 4.90 Å². The van der Waals surface area contributed by atoms with E-state index < -0.39 is 5.91 Å². The molecule has 1 aliphatic carbocycles. The lowest BCUT2D eigenvalue weighted by molar-refractivity contribution is -0.144. The second-order valence-electron chi connectivity index (χ2n) is 7.02. The molecule has 2 fully saturated rings. The first-order valence-corrected chi connectivity index (χ1v) is 8.20. The van der Waals surface area contributed by atoms with Gasteiger partial charge in [-0.05, 0) is 37.0 Å². The van der Waals surface area contributed by atoms with E-state index in [1.165, 1.54) is 18.9 Å². The summed E-state index contributed by atoms with van der Waals surface area (Å²) in [6.07, 6.45) is 4.31. The summed E-state index contributed by atoms with van der Waals surface area (Å²) in [5, 5.41) is 8.72. The van der Waals surface area contributed by atoms with Crippen molar-refractivity contribution in [3.63, 3.8) is 0 Å². The van der Waals surface area contributed by atoms with Crippen molar-refractivity contribution < 1.29 is 19.1 Å². The summed E-state index contributed by atoms with van der Waals surface area (Å²) in [5.74, 6) is -1.03. The molecule has 1 amide bonds. The molecular weight excluding hydrogens is 299 g/mol. The first-order valence-electron chi connectivity index (χ1n) is 8.20. The molecule has 3 aliphatic rings. The van der Waals surface area contributed by atoms with Gasteiger partial charge in [0.05, 0.1) is 13.2 Å². The van der Waals surface area contributed by atoms with E-state index in [-0.39, 0.29) is 16.8 Å². The van der Waals surface area contributed by atoms with Gasteiger partial charge in [0.2, 0.25) is 0 Å². The molecule has 5 nitrogen and oxygen atoms in total. The van der Waals surface area contributed by atoms with Crippen LogP contribution in [0.25, 0.3) is 0 Å². The number of fused-ring (bicyclic) bond motifs is 1. The smallest absolute Gasteiger partial charge is 0.274 e. The molecule has 1 spiro atoms. The van der Waals surface area contributed by atoms with Crippen LogP contribution in [-0.2, 0) is 17.7 Å². The molecule has 1 aromatic rings. The SMILES string of the molecule is O=C(NO)c1cc(F)c2c(c1)CCN([C@@H]1CCCC13COC3)C2. The second kappa shape index (κ2) is 5.54. The van der Waals surface area contributed by atoms with E-state index in [0.717, 1.165) is 38.2 Å². The Morgan fingerprint density at radius 2 is 2.26 bits per heavy atom. The predicted octanol–water partition coefficient (Wildman–Crippen LogP) is 1.87. The molecule has 4 rings (SSSR count). The molecule has 2 N–H and O–H groups in total. The zero-order valence-corrected chi connectivity index (χ0v) is 13.0. The second-order valence-corrected chi connectivity index (χ2v) is 7.02. The van der Waals surface area contributed by atoms with Gasteiger partial charge < -0.3 is 4.74 Å². The summed E-state index contributed by atoms with van der Waals surface area (Å²) < 4.78 is 19.9. The maximum absolute atomic E-state index is 14.5. The van der Waals surface area contributed by atoms with E-state index in [0.29, 0.717) is 18.2 Å². The highest BCUT2D eigenvalue weighted by atomic mass is 19.1. The number of halogens is 1. The van der Waals surface area contributed by atoms with Crippen LogP contribution in [0.4, 0.5) is 4.39 Å². The van der Waals surface area contributed by atoms with Gasteiger partial charge in [-0.15, -0.1) is 0 Å². The van der Waals surface area contributed by atoms with E-state index in [9.17, 15) is 9.18 Å². The zero-order chi connectivity index (χ0) is 16.0. The van der Waals surface area contributed by atoms with Crippen LogP contribution in [0.5, 0.6) is 0 Å². The van der Waals surface area contributed by atoms with Crippen molar-refractivity contribution in [3.05, 3.63) is 34.6 Å². The molecule has 0 unspecified atom stereocenters. The molecule has 2 heterocycles. The average molecular weight is 320 g/mol. The van der Waals surface area contributed by atoms with Crippen LogP contribution in [0.3, 0.4) is 0 Å². The van der Waals surface area contributed by atoms with Gasteiger partial charge in [0.1, 0.15) is 5.82 Å². The van der Waals surface area contributed by atoms with Crippen LogP contribution in [0.1, 0.15) is 40.7 Å². The lowest BCUT2D eigenvalue weighted by Crippen LogP contribution is -2.56. The first-order chi connectivity index (χ1) is 11.1. The minimum atomic E-state index is -0.671. The van der Waals surface area contributed by atoms with Crippen molar-refractivity contribution in [1.29, 1.82) is 0 Å². The highest BCUT2D eigenvalue weighted by Crippen LogP contribution is 2.47. The molecule has 1 saturated heterocycles. The van der Waals surface area contributed by atoms with Gasteiger partial charge in [0, 0.05) is 35.7 Å². The number of hydroxylamine groups is 1. The third-order valence-corrected chi connectivity index (χ3v) is 5.76. The number of nitrogens with zero attached hydrogens (tertiary/aromatic N) is 1. The molecule has 6 heteroatoms. The minimum absolute atomic E-state index is 0.168. The van der Waals surface area contributed by atoms with Gasteiger partial charge in [-0.2, -0.15) is 0 Å². The number of hydrogen-bond donors (Lipinski definition) is 2. The number of amides is 1. The lowest BCUT2D eigenvalue weighted by Gasteiger charge is -2.48. The summed E-state index contributed by atoms with van der Waals surface area (Å²) >= 11 is 0. The Kier molecular flexibility index (Phi) is 3.63. The van der Waals surface area contributed by atoms with Crippen molar-refractivity contribution >= 4 is 5.91 Å². The first kappa shape index (κ1) is 15.1. The molecule has 124 valence electrons. The average Bonchev–Trinajstić information content (AvgIpc) is 2.99. The third kappa shape index (κ3) is 2.36. The summed E-state index contributed by atoms with van der Waals surface area (Å²) in [6, 6.07) is 3.38. The Balaban J connectivity index is 1.59. The molecule has 1 atom stereocenters. The van der Waals surface area contributed by atoms with Crippen molar-refractivity contribution in [3.8, 4) is 0 Å². The monoisotopic (exact) mass is 320 g/mol. The Labute approximate surface area is 134 Å². The summed E-state index contributed by atoms with van der Waals surface area (Å²) in [7, 11) is 0. The molecule has 0 aromatic heterocycles. The van der Waals surface area contributed by atoms with Gasteiger partial charge in [0.25, 0.3) is 5.91 Å². The Morgan fingerprint density at radius 3 is 2.96 bits per heavy atom. The number of rotatable bonds is 2. The maximum atomic E-state index is 14.5. The van der Waals surface area contributed by atoms with E-state index in [1.54, 1.807) is 11.5 Å². The maximum Gasteiger partial charge on any atom is 0.274 e. The summed E-state index contributed by atoms with van der Waals surface area (Å²) in [6.45, 7) is 3.13. The number of nitrogens with one attached hydrogen (secondary N) is 1. The number of hydrogen-bond acceptors (Lipinski definition) is 4. The Hall–Kier alpha value is -1.50. The molecule has 23 heavy (non-hydrogen) atoms.